The number of esters is 1. The third-order valence-electron chi connectivity index (χ3n) is 3.71. The topological polar surface area (TPSA) is 129 Å². The van der Waals surface area contributed by atoms with Crippen LogP contribution in [0.1, 0.15) is 26.2 Å². The number of thioether (sulfide) groups is 1. The van der Waals surface area contributed by atoms with E-state index in [-0.39, 0.29) is 38.6 Å². The Balaban J connectivity index is 5.02. The van der Waals surface area contributed by atoms with Crippen molar-refractivity contribution in [3.63, 3.8) is 0 Å². The van der Waals surface area contributed by atoms with Crippen LogP contribution in [0.15, 0.2) is 0 Å². The number of hydrogen-bond donors (Lipinski definition) is 2. The predicted molar refractivity (Wildman–Crippen MR) is 108 cm³/mol. The highest BCUT2D eigenvalue weighted by Gasteiger charge is 2.36. The summed E-state index contributed by atoms with van der Waals surface area (Å²) >= 11 is 1.49. The van der Waals surface area contributed by atoms with Gasteiger partial charge in [-0.05, 0) is 12.2 Å². The van der Waals surface area contributed by atoms with Gasteiger partial charge in [-0.2, -0.15) is 11.8 Å². The highest BCUT2D eigenvalue weighted by atomic mass is 32.2. The molecule has 0 aromatic carbocycles. The quantitative estimate of drug-likeness (QED) is 0.222. The fraction of sp³-hybridized carbons (Fsp3) is 0.778. The average Bonchev–Trinajstić information content (AvgIpc) is 2.73. The van der Waals surface area contributed by atoms with E-state index in [9.17, 15) is 19.2 Å². The second-order valence-electron chi connectivity index (χ2n) is 6.29. The minimum Gasteiger partial charge on any atom is -0.465 e. The number of carbonyl (C=O) groups is 4. The summed E-state index contributed by atoms with van der Waals surface area (Å²) in [5.41, 5.74) is -0.926. The summed E-state index contributed by atoms with van der Waals surface area (Å²) in [4.78, 5) is 46.2. The van der Waals surface area contributed by atoms with Gasteiger partial charge in [-0.3, -0.25) is 9.59 Å². The summed E-state index contributed by atoms with van der Waals surface area (Å²) in [6, 6.07) is 0. The Morgan fingerprint density at radius 2 is 1.48 bits per heavy atom. The number of amides is 2. The van der Waals surface area contributed by atoms with E-state index in [0.29, 0.717) is 24.3 Å². The highest BCUT2D eigenvalue weighted by molar-refractivity contribution is 7.99. The van der Waals surface area contributed by atoms with Crippen LogP contribution in [-0.4, -0.2) is 83.1 Å². The zero-order valence-corrected chi connectivity index (χ0v) is 18.4. The number of ketones is 1. The minimum absolute atomic E-state index is 0.0159. The van der Waals surface area contributed by atoms with Gasteiger partial charge in [0.15, 0.2) is 5.78 Å². The lowest BCUT2D eigenvalue weighted by Crippen LogP contribution is -2.43. The first kappa shape index (κ1) is 27.0. The molecule has 0 unspecified atom stereocenters. The van der Waals surface area contributed by atoms with Crippen molar-refractivity contribution in [1.82, 2.24) is 10.6 Å². The molecular weight excluding hydrogens is 404 g/mol. The number of carbonyl (C=O) groups excluding carboxylic acids is 4. The molecule has 0 saturated carbocycles. The van der Waals surface area contributed by atoms with E-state index in [2.05, 4.69) is 10.6 Å². The fourth-order valence-electron chi connectivity index (χ4n) is 2.06. The van der Waals surface area contributed by atoms with Crippen LogP contribution in [0.25, 0.3) is 0 Å². The molecule has 0 atom stereocenters. The van der Waals surface area contributed by atoms with Crippen molar-refractivity contribution in [1.29, 1.82) is 0 Å². The zero-order chi connectivity index (χ0) is 22.1. The summed E-state index contributed by atoms with van der Waals surface area (Å²) < 4.78 is 20.4. The summed E-state index contributed by atoms with van der Waals surface area (Å²) in [5.74, 6) is 0.640. The second-order valence-corrected chi connectivity index (χ2v) is 7.40. The maximum absolute atomic E-state index is 11.6. The van der Waals surface area contributed by atoms with Crippen molar-refractivity contribution < 1.29 is 38.1 Å². The lowest BCUT2D eigenvalue weighted by Gasteiger charge is -2.31. The van der Waals surface area contributed by atoms with Crippen LogP contribution in [0.3, 0.4) is 0 Å². The molecule has 0 aliphatic carbocycles. The Morgan fingerprint density at radius 3 is 1.97 bits per heavy atom. The van der Waals surface area contributed by atoms with Crippen LogP contribution in [0.4, 0.5) is 9.59 Å². The maximum Gasteiger partial charge on any atom is 0.406 e. The third kappa shape index (κ3) is 12.9. The number of nitrogens with one attached hydrogen (secondary N) is 2. The van der Waals surface area contributed by atoms with E-state index in [1.54, 1.807) is 6.92 Å². The predicted octanol–water partition coefficient (Wildman–Crippen LogP) is 1.37. The normalized spacial score (nSPS) is 10.8. The number of methoxy groups -OCH3 is 1. The fourth-order valence-corrected chi connectivity index (χ4v) is 3.24. The first-order chi connectivity index (χ1) is 13.8. The molecule has 0 spiro atoms. The van der Waals surface area contributed by atoms with Crippen molar-refractivity contribution in [3.05, 3.63) is 0 Å². The third-order valence-corrected chi connectivity index (χ3v) is 5.11. The Hall–Kier alpha value is -2.01. The average molecular weight is 437 g/mol. The van der Waals surface area contributed by atoms with E-state index in [4.69, 9.17) is 18.9 Å². The molecule has 2 N–H and O–H groups in total. The first-order valence-electron chi connectivity index (χ1n) is 9.25. The van der Waals surface area contributed by atoms with Gasteiger partial charge in [-0.25, -0.2) is 9.59 Å². The summed E-state index contributed by atoms with van der Waals surface area (Å²) in [6.07, 6.45) is -0.0678. The molecule has 0 aromatic rings. The number of alkyl carbamates (subject to hydrolysis) is 2. The van der Waals surface area contributed by atoms with Crippen molar-refractivity contribution in [2.24, 2.45) is 5.41 Å². The van der Waals surface area contributed by atoms with Crippen LogP contribution in [0.2, 0.25) is 0 Å². The van der Waals surface area contributed by atoms with Crippen LogP contribution >= 0.6 is 11.8 Å². The lowest BCUT2D eigenvalue weighted by molar-refractivity contribution is -0.148. The molecule has 0 saturated heterocycles. The number of rotatable bonds is 15. The molecule has 168 valence electrons. The SMILES string of the molecule is CCC(=O)OCC(COC(=O)NC)(COC(=O)NC)CSCCCC(=O)COC. The molecule has 0 bridgehead atoms. The van der Waals surface area contributed by atoms with Gasteiger partial charge in [0.05, 0.1) is 5.41 Å². The van der Waals surface area contributed by atoms with Gasteiger partial charge in [-0.15, -0.1) is 0 Å². The molecule has 0 heterocycles. The molecule has 0 aromatic heterocycles. The molecule has 0 fully saturated rings. The lowest BCUT2D eigenvalue weighted by atomic mass is 9.94. The van der Waals surface area contributed by atoms with Crippen molar-refractivity contribution in [2.75, 3.05) is 59.1 Å². The summed E-state index contributed by atoms with van der Waals surface area (Å²) in [7, 11) is 4.32. The van der Waals surface area contributed by atoms with Gasteiger partial charge in [0.2, 0.25) is 0 Å². The minimum atomic E-state index is -0.926. The van der Waals surface area contributed by atoms with Crippen LogP contribution < -0.4 is 10.6 Å². The largest absolute Gasteiger partial charge is 0.465 e. The Kier molecular flexibility index (Phi) is 14.8. The molecule has 0 aliphatic heterocycles. The van der Waals surface area contributed by atoms with Gasteiger partial charge < -0.3 is 29.6 Å². The molecule has 0 radical (unpaired) electrons. The van der Waals surface area contributed by atoms with Gasteiger partial charge in [0.1, 0.15) is 26.4 Å². The van der Waals surface area contributed by atoms with Crippen molar-refractivity contribution in [2.45, 2.75) is 26.2 Å². The van der Waals surface area contributed by atoms with Gasteiger partial charge >= 0.3 is 18.2 Å². The highest BCUT2D eigenvalue weighted by Crippen LogP contribution is 2.26. The Bertz CT molecular complexity index is 480. The van der Waals surface area contributed by atoms with E-state index >= 15 is 0 Å². The molecule has 10 nitrogen and oxygen atoms in total. The second kappa shape index (κ2) is 15.9. The number of Topliss-reactive ketones (excluding diaryl/α,β-unsaturated/α-hetero) is 1. The van der Waals surface area contributed by atoms with E-state index < -0.39 is 23.6 Å². The molecule has 0 aliphatic rings. The van der Waals surface area contributed by atoms with Gasteiger partial charge in [0, 0.05) is 39.8 Å². The Labute approximate surface area is 175 Å². The molecular formula is C18H32N2O8S. The number of ether oxygens (including phenoxy) is 4. The maximum atomic E-state index is 11.6. The first-order valence-corrected chi connectivity index (χ1v) is 10.4. The van der Waals surface area contributed by atoms with Crippen molar-refractivity contribution in [3.8, 4) is 0 Å². The van der Waals surface area contributed by atoms with E-state index in [1.165, 1.54) is 33.0 Å². The smallest absolute Gasteiger partial charge is 0.406 e. The van der Waals surface area contributed by atoms with E-state index in [1.807, 2.05) is 0 Å². The Morgan fingerprint density at radius 1 is 0.931 bits per heavy atom. The molecule has 0 rings (SSSR count). The van der Waals surface area contributed by atoms with Crippen LogP contribution in [0.5, 0.6) is 0 Å². The van der Waals surface area contributed by atoms with Crippen LogP contribution in [0, 0.1) is 5.41 Å². The molecule has 29 heavy (non-hydrogen) atoms. The summed E-state index contributed by atoms with van der Waals surface area (Å²) in [5, 5.41) is 4.69. The van der Waals surface area contributed by atoms with Crippen LogP contribution in [-0.2, 0) is 28.5 Å². The summed E-state index contributed by atoms with van der Waals surface area (Å²) in [6.45, 7) is 1.44. The molecule has 11 heteroatoms. The monoisotopic (exact) mass is 436 g/mol. The van der Waals surface area contributed by atoms with E-state index in [0.717, 1.165) is 0 Å². The standard InChI is InChI=1S/C18H32N2O8S/c1-5-15(22)26-10-18(11-27-16(23)19-2,12-28-17(24)20-3)13-29-8-6-7-14(21)9-25-4/h5-13H2,1-4H3,(H,19,23)(H,20,24). The van der Waals surface area contributed by atoms with Crippen molar-refractivity contribution >= 4 is 35.7 Å². The molecule has 2 amide bonds. The zero-order valence-electron chi connectivity index (χ0n) is 17.5. The number of hydrogen-bond acceptors (Lipinski definition) is 9. The van der Waals surface area contributed by atoms with Gasteiger partial charge in [0.25, 0.3) is 0 Å². The van der Waals surface area contributed by atoms with Gasteiger partial charge in [-0.1, -0.05) is 6.92 Å².